The van der Waals surface area contributed by atoms with E-state index in [1.54, 1.807) is 12.1 Å². The summed E-state index contributed by atoms with van der Waals surface area (Å²) in [6.45, 7) is 8.18. The first-order valence-electron chi connectivity index (χ1n) is 5.88. The third-order valence-corrected chi connectivity index (χ3v) is 2.94. The number of amides is 1. The van der Waals surface area contributed by atoms with Gasteiger partial charge in [0.15, 0.2) is 0 Å². The molecule has 0 heterocycles. The summed E-state index contributed by atoms with van der Waals surface area (Å²) in [7, 11) is 0. The smallest absolute Gasteiger partial charge is 0.248 e. The van der Waals surface area contributed by atoms with Crippen LogP contribution in [0, 0.1) is 0 Å². The molecule has 0 aliphatic heterocycles. The molecule has 0 atom stereocenters. The maximum Gasteiger partial charge on any atom is 0.248 e. The van der Waals surface area contributed by atoms with Gasteiger partial charge in [-0.15, -0.1) is 0 Å². The fraction of sp³-hybridized carbons (Fsp3) is 0.462. The molecule has 4 heteroatoms. The Morgan fingerprint density at radius 3 is 2.47 bits per heavy atom. The van der Waals surface area contributed by atoms with E-state index >= 15 is 0 Å². The van der Waals surface area contributed by atoms with Crippen LogP contribution in [0.15, 0.2) is 18.2 Å². The lowest BCUT2D eigenvalue weighted by molar-refractivity contribution is 0.100. The zero-order valence-corrected chi connectivity index (χ0v) is 10.7. The third-order valence-electron chi connectivity index (χ3n) is 2.94. The van der Waals surface area contributed by atoms with Crippen molar-refractivity contribution in [1.82, 2.24) is 4.90 Å². The van der Waals surface area contributed by atoms with Gasteiger partial charge in [0.2, 0.25) is 5.91 Å². The molecule has 1 amide bonds. The van der Waals surface area contributed by atoms with E-state index in [1.807, 2.05) is 6.07 Å². The SMILES string of the molecule is CCN(Cc1ccc(C(N)=O)cc1N)C(C)C. The molecule has 0 saturated carbocycles. The number of carbonyl (C=O) groups excluding carboxylic acids is 1. The van der Waals surface area contributed by atoms with E-state index < -0.39 is 5.91 Å². The molecule has 94 valence electrons. The van der Waals surface area contributed by atoms with Gasteiger partial charge in [-0.05, 0) is 38.1 Å². The average molecular weight is 235 g/mol. The first-order chi connectivity index (χ1) is 7.95. The Balaban J connectivity index is 2.89. The molecule has 0 aliphatic rings. The molecule has 1 rings (SSSR count). The van der Waals surface area contributed by atoms with Gasteiger partial charge in [0.1, 0.15) is 0 Å². The number of primary amides is 1. The van der Waals surface area contributed by atoms with Crippen LogP contribution in [0.1, 0.15) is 36.7 Å². The Morgan fingerprint density at radius 2 is 2.06 bits per heavy atom. The maximum absolute atomic E-state index is 11.0. The second-order valence-corrected chi connectivity index (χ2v) is 4.43. The molecule has 1 aromatic carbocycles. The summed E-state index contributed by atoms with van der Waals surface area (Å²) < 4.78 is 0. The Hall–Kier alpha value is -1.55. The molecule has 4 N–H and O–H groups in total. The van der Waals surface area contributed by atoms with Crippen molar-refractivity contribution in [3.63, 3.8) is 0 Å². The Labute approximate surface area is 103 Å². The van der Waals surface area contributed by atoms with Gasteiger partial charge in [-0.2, -0.15) is 0 Å². The molecule has 0 saturated heterocycles. The number of nitrogens with two attached hydrogens (primary N) is 2. The normalized spacial score (nSPS) is 11.1. The number of carbonyl (C=O) groups is 1. The van der Waals surface area contributed by atoms with Gasteiger partial charge < -0.3 is 11.5 Å². The summed E-state index contributed by atoms with van der Waals surface area (Å²) in [5.74, 6) is -0.445. The number of hydrogen-bond acceptors (Lipinski definition) is 3. The highest BCUT2D eigenvalue weighted by atomic mass is 16.1. The van der Waals surface area contributed by atoms with Crippen LogP contribution < -0.4 is 11.5 Å². The van der Waals surface area contributed by atoms with Gasteiger partial charge in [0, 0.05) is 23.8 Å². The van der Waals surface area contributed by atoms with Crippen molar-refractivity contribution in [3.8, 4) is 0 Å². The second-order valence-electron chi connectivity index (χ2n) is 4.43. The average Bonchev–Trinajstić information content (AvgIpc) is 2.26. The fourth-order valence-electron chi connectivity index (χ4n) is 1.77. The highest BCUT2D eigenvalue weighted by Gasteiger charge is 2.11. The standard InChI is InChI=1S/C13H21N3O/c1-4-16(9(2)3)8-11-6-5-10(13(15)17)7-12(11)14/h5-7,9H,4,8,14H2,1-3H3,(H2,15,17). The highest BCUT2D eigenvalue weighted by Crippen LogP contribution is 2.17. The van der Waals surface area contributed by atoms with E-state index in [0.717, 1.165) is 18.7 Å². The van der Waals surface area contributed by atoms with Crippen LogP contribution in [-0.2, 0) is 6.54 Å². The number of hydrogen-bond donors (Lipinski definition) is 2. The van der Waals surface area contributed by atoms with Crippen molar-refractivity contribution in [2.75, 3.05) is 12.3 Å². The summed E-state index contributed by atoms with van der Waals surface area (Å²) in [5.41, 5.74) is 13.2. The number of benzene rings is 1. The predicted octanol–water partition coefficient (Wildman–Crippen LogP) is 1.60. The van der Waals surface area contributed by atoms with E-state index in [-0.39, 0.29) is 0 Å². The number of nitrogens with zero attached hydrogens (tertiary/aromatic N) is 1. The van der Waals surface area contributed by atoms with Crippen LogP contribution in [0.5, 0.6) is 0 Å². The molecule has 17 heavy (non-hydrogen) atoms. The summed E-state index contributed by atoms with van der Waals surface area (Å²) in [6.07, 6.45) is 0. The molecule has 0 fully saturated rings. The molecular weight excluding hydrogens is 214 g/mol. The molecule has 0 bridgehead atoms. The lowest BCUT2D eigenvalue weighted by Crippen LogP contribution is -2.30. The van der Waals surface area contributed by atoms with Gasteiger partial charge in [0.05, 0.1) is 0 Å². The predicted molar refractivity (Wildman–Crippen MR) is 70.6 cm³/mol. The van der Waals surface area contributed by atoms with Crippen LogP contribution in [0.3, 0.4) is 0 Å². The van der Waals surface area contributed by atoms with Crippen molar-refractivity contribution in [1.29, 1.82) is 0 Å². The lowest BCUT2D eigenvalue weighted by atomic mass is 10.1. The lowest BCUT2D eigenvalue weighted by Gasteiger charge is -2.25. The van der Waals surface area contributed by atoms with Gasteiger partial charge in [-0.3, -0.25) is 9.69 Å². The fourth-order valence-corrected chi connectivity index (χ4v) is 1.77. The number of rotatable bonds is 5. The minimum absolute atomic E-state index is 0.445. The zero-order valence-electron chi connectivity index (χ0n) is 10.7. The van der Waals surface area contributed by atoms with Gasteiger partial charge in [0.25, 0.3) is 0 Å². The largest absolute Gasteiger partial charge is 0.398 e. The molecule has 1 aromatic rings. The van der Waals surface area contributed by atoms with Gasteiger partial charge in [-0.1, -0.05) is 13.0 Å². The molecular formula is C13H21N3O. The molecule has 0 aliphatic carbocycles. The first-order valence-corrected chi connectivity index (χ1v) is 5.88. The van der Waals surface area contributed by atoms with E-state index in [9.17, 15) is 4.79 Å². The molecule has 0 spiro atoms. The van der Waals surface area contributed by atoms with E-state index in [0.29, 0.717) is 17.3 Å². The van der Waals surface area contributed by atoms with E-state index in [2.05, 4.69) is 25.7 Å². The minimum Gasteiger partial charge on any atom is -0.398 e. The Kier molecular flexibility index (Phi) is 4.52. The first kappa shape index (κ1) is 13.5. The number of nitrogen functional groups attached to an aromatic ring is 1. The molecule has 0 radical (unpaired) electrons. The van der Waals surface area contributed by atoms with Crippen molar-refractivity contribution >= 4 is 11.6 Å². The topological polar surface area (TPSA) is 72.3 Å². The van der Waals surface area contributed by atoms with E-state index in [4.69, 9.17) is 11.5 Å². The van der Waals surface area contributed by atoms with Gasteiger partial charge >= 0.3 is 0 Å². The zero-order chi connectivity index (χ0) is 13.0. The second kappa shape index (κ2) is 5.68. The van der Waals surface area contributed by atoms with Crippen molar-refractivity contribution < 1.29 is 4.79 Å². The van der Waals surface area contributed by atoms with Crippen LogP contribution >= 0.6 is 0 Å². The van der Waals surface area contributed by atoms with Crippen LogP contribution in [0.25, 0.3) is 0 Å². The molecule has 4 nitrogen and oxygen atoms in total. The quantitative estimate of drug-likeness (QED) is 0.761. The van der Waals surface area contributed by atoms with Crippen molar-refractivity contribution in [3.05, 3.63) is 29.3 Å². The molecule has 0 unspecified atom stereocenters. The summed E-state index contributed by atoms with van der Waals surface area (Å²) >= 11 is 0. The highest BCUT2D eigenvalue weighted by molar-refractivity contribution is 5.93. The van der Waals surface area contributed by atoms with Gasteiger partial charge in [-0.25, -0.2) is 0 Å². The summed E-state index contributed by atoms with van der Waals surface area (Å²) in [4.78, 5) is 13.3. The summed E-state index contributed by atoms with van der Waals surface area (Å²) in [5, 5.41) is 0. The van der Waals surface area contributed by atoms with Crippen LogP contribution in [0.2, 0.25) is 0 Å². The van der Waals surface area contributed by atoms with Crippen molar-refractivity contribution in [2.24, 2.45) is 5.73 Å². The summed E-state index contributed by atoms with van der Waals surface area (Å²) in [6, 6.07) is 5.71. The van der Waals surface area contributed by atoms with Crippen LogP contribution in [0.4, 0.5) is 5.69 Å². The van der Waals surface area contributed by atoms with Crippen molar-refractivity contribution in [2.45, 2.75) is 33.4 Å². The van der Waals surface area contributed by atoms with E-state index in [1.165, 1.54) is 0 Å². The monoisotopic (exact) mass is 235 g/mol. The Bertz CT molecular complexity index is 402. The van der Waals surface area contributed by atoms with Crippen LogP contribution in [-0.4, -0.2) is 23.4 Å². The minimum atomic E-state index is -0.445. The number of anilines is 1. The third kappa shape index (κ3) is 3.46. The maximum atomic E-state index is 11.0. The Morgan fingerprint density at radius 1 is 1.41 bits per heavy atom. The molecule has 0 aromatic heterocycles.